The lowest BCUT2D eigenvalue weighted by atomic mass is 10.1. The first-order valence-electron chi connectivity index (χ1n) is 9.16. The van der Waals surface area contributed by atoms with E-state index in [4.69, 9.17) is 4.74 Å². The molecular weight excluding hydrogens is 341 g/mol. The summed E-state index contributed by atoms with van der Waals surface area (Å²) < 4.78 is 19.4. The zero-order valence-electron chi connectivity index (χ0n) is 15.5. The van der Waals surface area contributed by atoms with Crippen LogP contribution < -0.4 is 4.74 Å². The quantitative estimate of drug-likeness (QED) is 0.421. The molecule has 2 aromatic carbocycles. The minimum atomic E-state index is -0.704. The van der Waals surface area contributed by atoms with E-state index in [1.165, 1.54) is 17.7 Å². The number of benzene rings is 2. The Morgan fingerprint density at radius 1 is 1.00 bits per heavy atom. The Balaban J connectivity index is 1.71. The summed E-state index contributed by atoms with van der Waals surface area (Å²) in [5, 5.41) is 0. The molecule has 0 fully saturated rings. The molecule has 3 nitrogen and oxygen atoms in total. The monoisotopic (exact) mass is 363 g/mol. The molecule has 0 unspecified atom stereocenters. The molecule has 0 saturated heterocycles. The van der Waals surface area contributed by atoms with Crippen molar-refractivity contribution in [2.24, 2.45) is 0 Å². The predicted octanol–water partition coefficient (Wildman–Crippen LogP) is 5.62. The maximum absolute atomic E-state index is 14.1. The summed E-state index contributed by atoms with van der Waals surface area (Å²) in [6.07, 6.45) is 4.69. The number of hydrogen-bond donors (Lipinski definition) is 0. The average molecular weight is 363 g/mol. The van der Waals surface area contributed by atoms with E-state index in [0.29, 0.717) is 12.2 Å². The van der Waals surface area contributed by atoms with Gasteiger partial charge in [-0.2, -0.15) is 0 Å². The molecule has 0 N–H and O–H groups in total. The third kappa shape index (κ3) is 4.59. The molecule has 3 aromatic rings. The zero-order chi connectivity index (χ0) is 19.2. The third-order valence-electron chi connectivity index (χ3n) is 4.39. The van der Waals surface area contributed by atoms with Crippen molar-refractivity contribution in [3.63, 3.8) is 0 Å². The molecule has 0 aliphatic rings. The van der Waals surface area contributed by atoms with Crippen LogP contribution in [0, 0.1) is 5.82 Å². The van der Waals surface area contributed by atoms with Gasteiger partial charge in [-0.15, -0.1) is 0 Å². The first-order valence-corrected chi connectivity index (χ1v) is 9.16. The van der Waals surface area contributed by atoms with Gasteiger partial charge in [-0.1, -0.05) is 32.4 Å². The van der Waals surface area contributed by atoms with Crippen LogP contribution >= 0.6 is 0 Å². The molecule has 0 atom stereocenters. The number of aromatic nitrogens is 1. The highest BCUT2D eigenvalue weighted by Crippen LogP contribution is 2.22. The summed E-state index contributed by atoms with van der Waals surface area (Å²) in [6.45, 7) is 4.07. The molecule has 1 aromatic heterocycles. The number of ether oxygens (including phenoxy) is 1. The van der Waals surface area contributed by atoms with Crippen LogP contribution in [-0.2, 0) is 12.8 Å². The van der Waals surface area contributed by atoms with Crippen molar-refractivity contribution in [1.29, 1.82) is 0 Å². The summed E-state index contributed by atoms with van der Waals surface area (Å²) in [4.78, 5) is 16.7. The van der Waals surface area contributed by atoms with E-state index in [1.54, 1.807) is 18.2 Å². The highest BCUT2D eigenvalue weighted by Gasteiger charge is 2.14. The summed E-state index contributed by atoms with van der Waals surface area (Å²) >= 11 is 0. The van der Waals surface area contributed by atoms with Gasteiger partial charge in [0.15, 0.2) is 0 Å². The lowest BCUT2D eigenvalue weighted by molar-refractivity contribution is 0.0730. The van der Waals surface area contributed by atoms with Gasteiger partial charge in [0.05, 0.1) is 11.3 Å². The second-order valence-corrected chi connectivity index (χ2v) is 6.38. The lowest BCUT2D eigenvalue weighted by Gasteiger charge is -2.08. The molecule has 1 heterocycles. The number of esters is 1. The van der Waals surface area contributed by atoms with E-state index in [9.17, 15) is 9.18 Å². The van der Waals surface area contributed by atoms with Crippen molar-refractivity contribution in [1.82, 2.24) is 4.98 Å². The van der Waals surface area contributed by atoms with Crippen LogP contribution in [0.5, 0.6) is 5.75 Å². The van der Waals surface area contributed by atoms with Gasteiger partial charge in [0, 0.05) is 11.8 Å². The third-order valence-corrected chi connectivity index (χ3v) is 4.39. The summed E-state index contributed by atoms with van der Waals surface area (Å²) in [6, 6.07) is 15.7. The average Bonchev–Trinajstić information content (AvgIpc) is 2.69. The molecule has 0 bridgehead atoms. The van der Waals surface area contributed by atoms with Crippen molar-refractivity contribution in [3.05, 3.63) is 83.3 Å². The van der Waals surface area contributed by atoms with Crippen LogP contribution in [0.15, 0.2) is 60.8 Å². The number of halogens is 1. The second kappa shape index (κ2) is 8.58. The Morgan fingerprint density at radius 2 is 1.74 bits per heavy atom. The van der Waals surface area contributed by atoms with Crippen molar-refractivity contribution >= 4 is 5.97 Å². The van der Waals surface area contributed by atoms with E-state index in [-0.39, 0.29) is 5.56 Å². The molecule has 0 aliphatic carbocycles. The number of pyridine rings is 1. The van der Waals surface area contributed by atoms with Crippen LogP contribution in [0.4, 0.5) is 4.39 Å². The molecule has 0 saturated carbocycles. The van der Waals surface area contributed by atoms with Crippen LogP contribution in [-0.4, -0.2) is 11.0 Å². The minimum absolute atomic E-state index is 0.0653. The summed E-state index contributed by atoms with van der Waals surface area (Å²) in [5.41, 5.74) is 3.77. The van der Waals surface area contributed by atoms with Crippen molar-refractivity contribution < 1.29 is 13.9 Å². The van der Waals surface area contributed by atoms with E-state index >= 15 is 0 Å². The molecule has 4 heteroatoms. The van der Waals surface area contributed by atoms with Gasteiger partial charge in [-0.05, 0) is 66.4 Å². The number of rotatable bonds is 6. The Hall–Kier alpha value is -3.01. The Bertz CT molecular complexity index is 918. The largest absolute Gasteiger partial charge is 0.423 e. The van der Waals surface area contributed by atoms with Crippen LogP contribution in [0.3, 0.4) is 0 Å². The maximum atomic E-state index is 14.1. The molecule has 0 radical (unpaired) electrons. The van der Waals surface area contributed by atoms with Gasteiger partial charge in [-0.3, -0.25) is 4.98 Å². The number of carbonyl (C=O) groups is 1. The molecule has 0 spiro atoms. The van der Waals surface area contributed by atoms with Crippen LogP contribution in [0.25, 0.3) is 11.3 Å². The van der Waals surface area contributed by atoms with Gasteiger partial charge in [0.1, 0.15) is 11.6 Å². The van der Waals surface area contributed by atoms with Gasteiger partial charge >= 0.3 is 5.97 Å². The van der Waals surface area contributed by atoms with E-state index in [2.05, 4.69) is 18.0 Å². The molecule has 3 rings (SSSR count). The lowest BCUT2D eigenvalue weighted by Crippen LogP contribution is -2.11. The van der Waals surface area contributed by atoms with Crippen LogP contribution in [0.1, 0.15) is 41.8 Å². The normalized spacial score (nSPS) is 10.6. The Morgan fingerprint density at radius 3 is 2.33 bits per heavy atom. The first-order chi connectivity index (χ1) is 13.1. The smallest absolute Gasteiger partial charge is 0.346 e. The predicted molar refractivity (Wildman–Crippen MR) is 104 cm³/mol. The molecule has 0 amide bonds. The first kappa shape index (κ1) is 18.8. The van der Waals surface area contributed by atoms with Crippen molar-refractivity contribution in [3.8, 4) is 17.0 Å². The fourth-order valence-electron chi connectivity index (χ4n) is 2.83. The topological polar surface area (TPSA) is 39.2 Å². The van der Waals surface area contributed by atoms with E-state index in [0.717, 1.165) is 29.7 Å². The Kier molecular flexibility index (Phi) is 5.97. The van der Waals surface area contributed by atoms with E-state index < -0.39 is 11.8 Å². The molecular formula is C23H22FNO2. The van der Waals surface area contributed by atoms with Gasteiger partial charge < -0.3 is 4.74 Å². The number of nitrogens with zero attached hydrogens (tertiary/aromatic N) is 1. The summed E-state index contributed by atoms with van der Waals surface area (Å²) in [5.74, 6) is -0.900. The molecule has 0 aliphatic heterocycles. The second-order valence-electron chi connectivity index (χ2n) is 6.38. The van der Waals surface area contributed by atoms with Gasteiger partial charge in [-0.25, -0.2) is 9.18 Å². The fourth-order valence-corrected chi connectivity index (χ4v) is 2.83. The number of carbonyl (C=O) groups excluding carboxylic acids is 1. The Labute approximate surface area is 158 Å². The standard InChI is InChI=1S/C23H22FNO2/c1-3-5-17-7-13-22(25-15-17)18-8-10-19(11-9-18)27-23(26)20-12-6-16(4-2)14-21(20)24/h6-15H,3-5H2,1-2H3. The molecule has 138 valence electrons. The van der Waals surface area contributed by atoms with Crippen molar-refractivity contribution in [2.45, 2.75) is 33.1 Å². The highest BCUT2D eigenvalue weighted by atomic mass is 19.1. The number of aryl methyl sites for hydroxylation is 2. The van der Waals surface area contributed by atoms with Gasteiger partial charge in [0.2, 0.25) is 0 Å². The minimum Gasteiger partial charge on any atom is -0.423 e. The molecule has 27 heavy (non-hydrogen) atoms. The van der Waals surface area contributed by atoms with E-state index in [1.807, 2.05) is 31.3 Å². The number of hydrogen-bond acceptors (Lipinski definition) is 3. The highest BCUT2D eigenvalue weighted by molar-refractivity contribution is 5.91. The maximum Gasteiger partial charge on any atom is 0.346 e. The zero-order valence-corrected chi connectivity index (χ0v) is 15.5. The SMILES string of the molecule is CCCc1ccc(-c2ccc(OC(=O)c3ccc(CC)cc3F)cc2)nc1. The van der Waals surface area contributed by atoms with Crippen molar-refractivity contribution in [2.75, 3.05) is 0 Å². The fraction of sp³-hybridized carbons (Fsp3) is 0.217. The van der Waals surface area contributed by atoms with Gasteiger partial charge in [0.25, 0.3) is 0 Å². The summed E-state index contributed by atoms with van der Waals surface area (Å²) in [7, 11) is 0. The van der Waals surface area contributed by atoms with Crippen LogP contribution in [0.2, 0.25) is 0 Å².